The smallest absolute Gasteiger partial charge is 0.241 e. The molecule has 1 saturated heterocycles. The molecule has 2 rings (SSSR count). The van der Waals surface area contributed by atoms with Gasteiger partial charge in [-0.2, -0.15) is 0 Å². The van der Waals surface area contributed by atoms with Crippen LogP contribution in [0.5, 0.6) is 0 Å². The SMILES string of the molecule is COCC(N)C(=O)N1CCN(C(=O)CCC2CCCCC2)CC1.Cl. The van der Waals surface area contributed by atoms with Crippen LogP contribution in [0.3, 0.4) is 0 Å². The predicted molar refractivity (Wildman–Crippen MR) is 96.1 cm³/mol. The maximum atomic E-state index is 12.3. The quantitative estimate of drug-likeness (QED) is 0.776. The summed E-state index contributed by atoms with van der Waals surface area (Å²) in [4.78, 5) is 28.1. The highest BCUT2D eigenvalue weighted by Crippen LogP contribution is 2.27. The van der Waals surface area contributed by atoms with Gasteiger partial charge in [0.2, 0.25) is 11.8 Å². The highest BCUT2D eigenvalue weighted by molar-refractivity contribution is 5.85. The summed E-state index contributed by atoms with van der Waals surface area (Å²) in [7, 11) is 1.54. The van der Waals surface area contributed by atoms with Crippen molar-refractivity contribution < 1.29 is 14.3 Å². The molecule has 1 unspecified atom stereocenters. The summed E-state index contributed by atoms with van der Waals surface area (Å²) in [6.45, 7) is 2.63. The lowest BCUT2D eigenvalue weighted by Gasteiger charge is -2.36. The molecule has 0 aromatic rings. The van der Waals surface area contributed by atoms with Crippen molar-refractivity contribution in [2.45, 2.75) is 51.0 Å². The molecule has 1 aliphatic carbocycles. The van der Waals surface area contributed by atoms with E-state index in [1.54, 1.807) is 4.90 Å². The molecule has 24 heavy (non-hydrogen) atoms. The molecule has 0 radical (unpaired) electrons. The first-order valence-corrected chi connectivity index (χ1v) is 8.93. The molecule has 0 aromatic carbocycles. The molecule has 1 heterocycles. The van der Waals surface area contributed by atoms with Crippen molar-refractivity contribution in [3.8, 4) is 0 Å². The number of carbonyl (C=O) groups is 2. The third kappa shape index (κ3) is 6.22. The predicted octanol–water partition coefficient (Wildman–Crippen LogP) is 1.41. The minimum Gasteiger partial charge on any atom is -0.383 e. The Morgan fingerprint density at radius 2 is 1.67 bits per heavy atom. The first kappa shape index (κ1) is 21.2. The molecule has 0 spiro atoms. The minimum atomic E-state index is -0.603. The average Bonchev–Trinajstić information content (AvgIpc) is 2.60. The summed E-state index contributed by atoms with van der Waals surface area (Å²) < 4.78 is 4.93. The largest absolute Gasteiger partial charge is 0.383 e. The number of amides is 2. The third-order valence-electron chi connectivity index (χ3n) is 5.10. The molecule has 2 aliphatic rings. The van der Waals surface area contributed by atoms with Gasteiger partial charge >= 0.3 is 0 Å². The van der Waals surface area contributed by atoms with Crippen LogP contribution in [0, 0.1) is 5.92 Å². The fourth-order valence-electron chi connectivity index (χ4n) is 3.62. The Bertz CT molecular complexity index is 395. The molecule has 1 aliphatic heterocycles. The molecule has 2 N–H and O–H groups in total. The van der Waals surface area contributed by atoms with Gasteiger partial charge in [-0.3, -0.25) is 9.59 Å². The Morgan fingerprint density at radius 3 is 2.25 bits per heavy atom. The normalized spacial score (nSPS) is 20.4. The summed E-state index contributed by atoms with van der Waals surface area (Å²) in [5, 5.41) is 0. The highest BCUT2D eigenvalue weighted by atomic mass is 35.5. The number of methoxy groups -OCH3 is 1. The maximum Gasteiger partial charge on any atom is 0.241 e. The zero-order valence-corrected chi connectivity index (χ0v) is 15.6. The van der Waals surface area contributed by atoms with Crippen molar-refractivity contribution in [2.24, 2.45) is 11.7 Å². The van der Waals surface area contributed by atoms with Crippen LogP contribution in [0.25, 0.3) is 0 Å². The fourth-order valence-corrected chi connectivity index (χ4v) is 3.62. The monoisotopic (exact) mass is 361 g/mol. The van der Waals surface area contributed by atoms with E-state index in [0.717, 1.165) is 12.3 Å². The van der Waals surface area contributed by atoms with Crippen LogP contribution in [0.4, 0.5) is 0 Å². The molecule has 2 fully saturated rings. The number of halogens is 1. The van der Waals surface area contributed by atoms with E-state index in [-0.39, 0.29) is 30.8 Å². The molecule has 0 aromatic heterocycles. The Labute approximate surface area is 151 Å². The van der Waals surface area contributed by atoms with Gasteiger partial charge in [-0.15, -0.1) is 12.4 Å². The van der Waals surface area contributed by atoms with Crippen LogP contribution in [-0.2, 0) is 14.3 Å². The molecular weight excluding hydrogens is 330 g/mol. The lowest BCUT2D eigenvalue weighted by molar-refractivity contribution is -0.141. The zero-order chi connectivity index (χ0) is 16.7. The van der Waals surface area contributed by atoms with Crippen LogP contribution in [0.2, 0.25) is 0 Å². The van der Waals surface area contributed by atoms with Gasteiger partial charge in [-0.1, -0.05) is 32.1 Å². The second kappa shape index (κ2) is 10.9. The summed E-state index contributed by atoms with van der Waals surface area (Å²) in [5.41, 5.74) is 5.79. The van der Waals surface area contributed by atoms with Crippen LogP contribution in [0.15, 0.2) is 0 Å². The Morgan fingerprint density at radius 1 is 1.08 bits per heavy atom. The molecule has 7 heteroatoms. The van der Waals surface area contributed by atoms with E-state index in [1.165, 1.54) is 39.2 Å². The van der Waals surface area contributed by atoms with Crippen LogP contribution in [-0.4, -0.2) is 67.6 Å². The molecule has 0 bridgehead atoms. The van der Waals surface area contributed by atoms with Gasteiger partial charge in [-0.25, -0.2) is 0 Å². The van der Waals surface area contributed by atoms with Gasteiger partial charge in [0.15, 0.2) is 0 Å². The van der Waals surface area contributed by atoms with Gasteiger partial charge in [0, 0.05) is 39.7 Å². The van der Waals surface area contributed by atoms with Crippen LogP contribution >= 0.6 is 12.4 Å². The fraction of sp³-hybridized carbons (Fsp3) is 0.882. The Balaban J connectivity index is 0.00000288. The summed E-state index contributed by atoms with van der Waals surface area (Å²) in [6.07, 6.45) is 8.24. The second-order valence-corrected chi connectivity index (χ2v) is 6.81. The van der Waals surface area contributed by atoms with E-state index in [2.05, 4.69) is 0 Å². The molecule has 140 valence electrons. The second-order valence-electron chi connectivity index (χ2n) is 6.81. The topological polar surface area (TPSA) is 75.9 Å². The van der Waals surface area contributed by atoms with Gasteiger partial charge in [0.1, 0.15) is 6.04 Å². The van der Waals surface area contributed by atoms with E-state index < -0.39 is 6.04 Å². The van der Waals surface area contributed by atoms with E-state index in [0.29, 0.717) is 32.6 Å². The lowest BCUT2D eigenvalue weighted by atomic mass is 9.86. The molecular formula is C17H32ClN3O3. The van der Waals surface area contributed by atoms with Crippen molar-refractivity contribution in [1.29, 1.82) is 0 Å². The average molecular weight is 362 g/mol. The first-order chi connectivity index (χ1) is 11.1. The van der Waals surface area contributed by atoms with Crippen LogP contribution < -0.4 is 5.73 Å². The molecule has 6 nitrogen and oxygen atoms in total. The maximum absolute atomic E-state index is 12.3. The van der Waals surface area contributed by atoms with Crippen LogP contribution in [0.1, 0.15) is 44.9 Å². The summed E-state index contributed by atoms with van der Waals surface area (Å²) in [6, 6.07) is -0.603. The van der Waals surface area contributed by atoms with E-state index >= 15 is 0 Å². The number of nitrogens with zero attached hydrogens (tertiary/aromatic N) is 2. The Hall–Kier alpha value is -0.850. The molecule has 2 amide bonds. The van der Waals surface area contributed by atoms with E-state index in [1.807, 2.05) is 4.90 Å². The number of nitrogens with two attached hydrogens (primary N) is 1. The third-order valence-corrected chi connectivity index (χ3v) is 5.10. The minimum absolute atomic E-state index is 0. The first-order valence-electron chi connectivity index (χ1n) is 8.93. The number of hydrogen-bond donors (Lipinski definition) is 1. The van der Waals surface area contributed by atoms with E-state index in [4.69, 9.17) is 10.5 Å². The standard InChI is InChI=1S/C17H31N3O3.ClH/c1-23-13-15(18)17(22)20-11-9-19(10-12-20)16(21)8-7-14-5-3-2-4-6-14;/h14-15H,2-13,18H2,1H3;1H. The summed E-state index contributed by atoms with van der Waals surface area (Å²) in [5.74, 6) is 0.896. The number of hydrogen-bond acceptors (Lipinski definition) is 4. The summed E-state index contributed by atoms with van der Waals surface area (Å²) >= 11 is 0. The van der Waals surface area contributed by atoms with Gasteiger partial charge in [-0.05, 0) is 12.3 Å². The van der Waals surface area contributed by atoms with Crippen molar-refractivity contribution in [3.63, 3.8) is 0 Å². The lowest BCUT2D eigenvalue weighted by Crippen LogP contribution is -2.55. The Kier molecular flexibility index (Phi) is 9.63. The zero-order valence-electron chi connectivity index (χ0n) is 14.7. The molecule has 1 saturated carbocycles. The van der Waals surface area contributed by atoms with Crippen molar-refractivity contribution >= 4 is 24.2 Å². The van der Waals surface area contributed by atoms with Crippen molar-refractivity contribution in [3.05, 3.63) is 0 Å². The van der Waals surface area contributed by atoms with Crippen molar-refractivity contribution in [1.82, 2.24) is 9.80 Å². The number of carbonyl (C=O) groups excluding carboxylic acids is 2. The van der Waals surface area contributed by atoms with Gasteiger partial charge < -0.3 is 20.3 Å². The molecule has 1 atom stereocenters. The number of piperazine rings is 1. The van der Waals surface area contributed by atoms with E-state index in [9.17, 15) is 9.59 Å². The highest BCUT2D eigenvalue weighted by Gasteiger charge is 2.27. The number of ether oxygens (including phenoxy) is 1. The van der Waals surface area contributed by atoms with Gasteiger partial charge in [0.05, 0.1) is 6.61 Å². The number of rotatable bonds is 6. The van der Waals surface area contributed by atoms with Crippen molar-refractivity contribution in [2.75, 3.05) is 39.9 Å². The van der Waals surface area contributed by atoms with Gasteiger partial charge in [0.25, 0.3) is 0 Å².